The van der Waals surface area contributed by atoms with E-state index in [0.717, 1.165) is 28.7 Å². The van der Waals surface area contributed by atoms with Crippen LogP contribution < -0.4 is 10.6 Å². The quantitative estimate of drug-likeness (QED) is 0.276. The van der Waals surface area contributed by atoms with Crippen LogP contribution in [0.3, 0.4) is 0 Å². The first-order valence-electron chi connectivity index (χ1n) is 12.0. The van der Waals surface area contributed by atoms with Crippen LogP contribution in [0.25, 0.3) is 0 Å². The minimum absolute atomic E-state index is 0.115. The number of hydrogen-bond donors (Lipinski definition) is 5. The Morgan fingerprint density at radius 3 is 2.26 bits per heavy atom. The molecule has 0 saturated carbocycles. The number of carbonyl (C=O) groups is 1. The molecule has 3 rings (SSSR count). The van der Waals surface area contributed by atoms with Crippen molar-refractivity contribution in [1.82, 2.24) is 10.6 Å². The van der Waals surface area contributed by atoms with Crippen LogP contribution in [-0.2, 0) is 24.1 Å². The molecule has 1 amide bonds. The third-order valence-electron chi connectivity index (χ3n) is 5.96. The molecule has 3 aromatic carbocycles. The molecule has 1 unspecified atom stereocenters. The van der Waals surface area contributed by atoms with Crippen molar-refractivity contribution in [1.29, 1.82) is 0 Å². The fraction of sp³-hybridized carbons (Fsp3) is 0.345. The van der Waals surface area contributed by atoms with Crippen LogP contribution in [0.5, 0.6) is 5.75 Å². The van der Waals surface area contributed by atoms with Crippen LogP contribution in [0.2, 0.25) is 0 Å². The van der Waals surface area contributed by atoms with Gasteiger partial charge < -0.3 is 26.0 Å². The lowest BCUT2D eigenvalue weighted by molar-refractivity contribution is -0.121. The Balaban J connectivity index is 1.52. The minimum atomic E-state index is -0.680. The van der Waals surface area contributed by atoms with Crippen molar-refractivity contribution in [2.75, 3.05) is 13.2 Å². The molecule has 35 heavy (non-hydrogen) atoms. The highest BCUT2D eigenvalue weighted by Crippen LogP contribution is 2.19. The van der Waals surface area contributed by atoms with Gasteiger partial charge in [0, 0.05) is 12.1 Å². The highest BCUT2D eigenvalue weighted by molar-refractivity contribution is 5.79. The van der Waals surface area contributed by atoms with Gasteiger partial charge in [0.1, 0.15) is 5.75 Å². The second kappa shape index (κ2) is 12.5. The Kier molecular flexibility index (Phi) is 9.43. The number of hydrogen-bond acceptors (Lipinski definition) is 5. The van der Waals surface area contributed by atoms with Crippen LogP contribution in [0.4, 0.5) is 0 Å². The Labute approximate surface area is 207 Å². The van der Waals surface area contributed by atoms with Crippen LogP contribution in [-0.4, -0.2) is 46.0 Å². The van der Waals surface area contributed by atoms with E-state index in [0.29, 0.717) is 13.0 Å². The van der Waals surface area contributed by atoms with E-state index in [4.69, 9.17) is 0 Å². The molecule has 0 heterocycles. The largest absolute Gasteiger partial charge is 0.508 e. The van der Waals surface area contributed by atoms with E-state index in [1.807, 2.05) is 54.6 Å². The molecule has 0 aliphatic rings. The van der Waals surface area contributed by atoms with Gasteiger partial charge in [-0.05, 0) is 61.1 Å². The second-order valence-corrected chi connectivity index (χ2v) is 9.68. The zero-order chi connectivity index (χ0) is 25.3. The molecular formula is C29H36N2O4. The van der Waals surface area contributed by atoms with Gasteiger partial charge in [-0.2, -0.15) is 0 Å². The summed E-state index contributed by atoms with van der Waals surface area (Å²) in [7, 11) is 0. The number of aromatic hydroxyl groups is 1. The van der Waals surface area contributed by atoms with Crippen molar-refractivity contribution in [3.8, 4) is 5.75 Å². The number of β-amino-alcohol motifs (C(OH)–C–C–N with tert-alkyl or cyclic N) is 1. The van der Waals surface area contributed by atoms with E-state index >= 15 is 0 Å². The standard InChI is InChI=1S/C29H36N2O4/c1-29(2,30-19-27(34)24-11-13-26(33)14-12-24)18-23-10-6-9-22(15-23)17-28(35)31-25(20-32)16-21-7-4-3-5-8-21/h3-15,25,27,30,32-34H,16-20H2,1-2H3,(H,31,35)/t25-,27?/m0/s1. The summed E-state index contributed by atoms with van der Waals surface area (Å²) in [6.07, 6.45) is 0.865. The Morgan fingerprint density at radius 2 is 1.57 bits per heavy atom. The number of aliphatic hydroxyl groups excluding tert-OH is 2. The Bertz CT molecular complexity index is 1070. The molecule has 0 aliphatic heterocycles. The first kappa shape index (κ1) is 26.4. The predicted molar refractivity (Wildman–Crippen MR) is 138 cm³/mol. The molecule has 0 saturated heterocycles. The van der Waals surface area contributed by atoms with E-state index in [1.165, 1.54) is 0 Å². The Hall–Kier alpha value is -3.19. The first-order chi connectivity index (χ1) is 16.7. The van der Waals surface area contributed by atoms with Gasteiger partial charge in [-0.15, -0.1) is 0 Å². The van der Waals surface area contributed by atoms with Crippen LogP contribution in [0.1, 0.15) is 42.2 Å². The normalized spacial score (nSPS) is 13.3. The third-order valence-corrected chi connectivity index (χ3v) is 5.96. The maximum absolute atomic E-state index is 12.6. The molecule has 6 heteroatoms. The van der Waals surface area contributed by atoms with Gasteiger partial charge >= 0.3 is 0 Å². The Morgan fingerprint density at radius 1 is 0.914 bits per heavy atom. The van der Waals surface area contributed by atoms with Crippen molar-refractivity contribution in [2.45, 2.75) is 50.8 Å². The number of carbonyl (C=O) groups excluding carboxylic acids is 1. The van der Waals surface area contributed by atoms with Gasteiger partial charge in [0.2, 0.25) is 5.91 Å². The molecule has 5 N–H and O–H groups in total. The monoisotopic (exact) mass is 476 g/mol. The molecule has 186 valence electrons. The summed E-state index contributed by atoms with van der Waals surface area (Å²) in [6, 6.07) is 24.0. The van der Waals surface area contributed by atoms with Crippen molar-refractivity contribution in [3.63, 3.8) is 0 Å². The summed E-state index contributed by atoms with van der Waals surface area (Å²) in [6.45, 7) is 4.41. The number of rotatable bonds is 12. The van der Waals surface area contributed by atoms with Gasteiger partial charge in [0.25, 0.3) is 0 Å². The van der Waals surface area contributed by atoms with Gasteiger partial charge in [-0.3, -0.25) is 4.79 Å². The van der Waals surface area contributed by atoms with Crippen LogP contribution in [0.15, 0.2) is 78.9 Å². The zero-order valence-corrected chi connectivity index (χ0v) is 20.4. The van der Waals surface area contributed by atoms with Crippen LogP contribution in [0, 0.1) is 0 Å². The average molecular weight is 477 g/mol. The average Bonchev–Trinajstić information content (AvgIpc) is 2.83. The lowest BCUT2D eigenvalue weighted by Crippen LogP contribution is -2.43. The fourth-order valence-corrected chi connectivity index (χ4v) is 4.13. The van der Waals surface area contributed by atoms with E-state index in [-0.39, 0.29) is 36.3 Å². The van der Waals surface area contributed by atoms with Crippen molar-refractivity contribution >= 4 is 5.91 Å². The van der Waals surface area contributed by atoms with Gasteiger partial charge in [0.15, 0.2) is 0 Å². The van der Waals surface area contributed by atoms with Gasteiger partial charge in [-0.1, -0.05) is 66.7 Å². The summed E-state index contributed by atoms with van der Waals surface area (Å²) in [5.41, 5.74) is 3.54. The maximum atomic E-state index is 12.6. The minimum Gasteiger partial charge on any atom is -0.508 e. The lowest BCUT2D eigenvalue weighted by atomic mass is 9.93. The summed E-state index contributed by atoms with van der Waals surface area (Å²) < 4.78 is 0. The molecule has 0 spiro atoms. The smallest absolute Gasteiger partial charge is 0.224 e. The topological polar surface area (TPSA) is 102 Å². The van der Waals surface area contributed by atoms with Crippen molar-refractivity contribution in [3.05, 3.63) is 101 Å². The molecule has 3 aromatic rings. The number of phenols is 1. The summed E-state index contributed by atoms with van der Waals surface area (Å²) in [4.78, 5) is 12.6. The van der Waals surface area contributed by atoms with E-state index in [9.17, 15) is 20.1 Å². The molecule has 0 aromatic heterocycles. The summed E-state index contributed by atoms with van der Waals surface area (Å²) in [5.74, 6) is 0.0532. The number of amides is 1. The molecule has 0 radical (unpaired) electrons. The van der Waals surface area contributed by atoms with E-state index < -0.39 is 6.10 Å². The first-order valence-corrected chi connectivity index (χ1v) is 12.0. The summed E-state index contributed by atoms with van der Waals surface area (Å²) >= 11 is 0. The van der Waals surface area contributed by atoms with Crippen molar-refractivity contribution in [2.24, 2.45) is 0 Å². The van der Waals surface area contributed by atoms with Gasteiger partial charge in [0.05, 0.1) is 25.2 Å². The molecule has 0 bridgehead atoms. The number of nitrogens with one attached hydrogen (secondary N) is 2. The zero-order valence-electron chi connectivity index (χ0n) is 20.4. The maximum Gasteiger partial charge on any atom is 0.224 e. The molecule has 0 fully saturated rings. The fourth-order valence-electron chi connectivity index (χ4n) is 4.13. The van der Waals surface area contributed by atoms with Gasteiger partial charge in [-0.25, -0.2) is 0 Å². The highest BCUT2D eigenvalue weighted by Gasteiger charge is 2.20. The molecule has 0 aliphatic carbocycles. The number of aliphatic hydroxyl groups is 2. The predicted octanol–water partition coefficient (Wildman–Crippen LogP) is 3.30. The van der Waals surface area contributed by atoms with E-state index in [1.54, 1.807) is 24.3 Å². The molecule has 6 nitrogen and oxygen atoms in total. The highest BCUT2D eigenvalue weighted by atomic mass is 16.3. The van der Waals surface area contributed by atoms with E-state index in [2.05, 4.69) is 24.5 Å². The number of benzene rings is 3. The molecule has 2 atom stereocenters. The molecular weight excluding hydrogens is 440 g/mol. The SMILES string of the molecule is CC(C)(Cc1cccc(CC(=O)N[C@H](CO)Cc2ccccc2)c1)NCC(O)c1ccc(O)cc1. The summed E-state index contributed by atoms with van der Waals surface area (Å²) in [5, 5.41) is 35.9. The number of phenolic OH excluding ortho intramolecular Hbond substituents is 1. The second-order valence-electron chi connectivity index (χ2n) is 9.68. The van der Waals surface area contributed by atoms with Crippen LogP contribution >= 0.6 is 0 Å². The third kappa shape index (κ3) is 8.83. The van der Waals surface area contributed by atoms with Crippen molar-refractivity contribution < 1.29 is 20.1 Å². The lowest BCUT2D eigenvalue weighted by Gasteiger charge is -2.28.